The summed E-state index contributed by atoms with van der Waals surface area (Å²) in [6.07, 6.45) is 1.77. The fourth-order valence-electron chi connectivity index (χ4n) is 1.67. The van der Waals surface area contributed by atoms with Crippen LogP contribution in [0.5, 0.6) is 0 Å². The summed E-state index contributed by atoms with van der Waals surface area (Å²) in [5.41, 5.74) is 6.03. The molecular formula is C13H14BrN3. The Morgan fingerprint density at radius 3 is 2.41 bits per heavy atom. The number of aromatic nitrogens is 1. The van der Waals surface area contributed by atoms with Crippen LogP contribution in [-0.4, -0.2) is 4.98 Å². The molecule has 0 bridgehead atoms. The molecule has 88 valence electrons. The molecule has 0 radical (unpaired) electrons. The molecule has 1 unspecified atom stereocenters. The SMILES string of the molecule is Cc1ccc(C(NN)c2ccc(Br)cn2)cc1. The van der Waals surface area contributed by atoms with Crippen molar-refractivity contribution in [3.8, 4) is 0 Å². The van der Waals surface area contributed by atoms with Crippen LogP contribution in [0.1, 0.15) is 22.9 Å². The summed E-state index contributed by atoms with van der Waals surface area (Å²) in [6, 6.07) is 12.1. The predicted octanol–water partition coefficient (Wildman–Crippen LogP) is 2.71. The van der Waals surface area contributed by atoms with E-state index >= 15 is 0 Å². The van der Waals surface area contributed by atoms with E-state index in [-0.39, 0.29) is 6.04 Å². The van der Waals surface area contributed by atoms with Crippen LogP contribution in [0.3, 0.4) is 0 Å². The van der Waals surface area contributed by atoms with Gasteiger partial charge in [-0.25, -0.2) is 5.43 Å². The first-order valence-electron chi connectivity index (χ1n) is 5.35. The molecule has 1 atom stereocenters. The fraction of sp³-hybridized carbons (Fsp3) is 0.154. The number of nitrogens with two attached hydrogens (primary N) is 1. The molecule has 2 rings (SSSR count). The van der Waals surface area contributed by atoms with E-state index in [4.69, 9.17) is 5.84 Å². The number of pyridine rings is 1. The van der Waals surface area contributed by atoms with E-state index in [1.54, 1.807) is 6.20 Å². The zero-order valence-electron chi connectivity index (χ0n) is 9.52. The van der Waals surface area contributed by atoms with Gasteiger partial charge in [0.15, 0.2) is 0 Å². The lowest BCUT2D eigenvalue weighted by Gasteiger charge is -2.16. The van der Waals surface area contributed by atoms with Crippen LogP contribution >= 0.6 is 15.9 Å². The van der Waals surface area contributed by atoms with E-state index in [0.717, 1.165) is 15.7 Å². The van der Waals surface area contributed by atoms with E-state index < -0.39 is 0 Å². The van der Waals surface area contributed by atoms with Gasteiger partial charge in [0.2, 0.25) is 0 Å². The van der Waals surface area contributed by atoms with Crippen molar-refractivity contribution >= 4 is 15.9 Å². The highest BCUT2D eigenvalue weighted by atomic mass is 79.9. The summed E-state index contributed by atoms with van der Waals surface area (Å²) in [4.78, 5) is 4.36. The van der Waals surface area contributed by atoms with Crippen LogP contribution in [0, 0.1) is 6.92 Å². The van der Waals surface area contributed by atoms with E-state index in [1.165, 1.54) is 5.56 Å². The van der Waals surface area contributed by atoms with Crippen LogP contribution in [0.4, 0.5) is 0 Å². The minimum atomic E-state index is -0.0799. The Balaban J connectivity index is 2.33. The lowest BCUT2D eigenvalue weighted by atomic mass is 10.0. The summed E-state index contributed by atoms with van der Waals surface area (Å²) >= 11 is 3.37. The second-order valence-electron chi connectivity index (χ2n) is 3.91. The smallest absolute Gasteiger partial charge is 0.0881 e. The maximum Gasteiger partial charge on any atom is 0.0881 e. The summed E-state index contributed by atoms with van der Waals surface area (Å²) < 4.78 is 0.959. The zero-order chi connectivity index (χ0) is 12.3. The van der Waals surface area contributed by atoms with Gasteiger partial charge in [-0.05, 0) is 40.5 Å². The number of hydrogen-bond acceptors (Lipinski definition) is 3. The molecule has 0 fully saturated rings. The fourth-order valence-corrected chi connectivity index (χ4v) is 1.90. The summed E-state index contributed by atoms with van der Waals surface area (Å²) in [5, 5.41) is 0. The van der Waals surface area contributed by atoms with Gasteiger partial charge in [0.25, 0.3) is 0 Å². The van der Waals surface area contributed by atoms with Gasteiger partial charge >= 0.3 is 0 Å². The van der Waals surface area contributed by atoms with Crippen molar-refractivity contribution in [1.82, 2.24) is 10.4 Å². The minimum Gasteiger partial charge on any atom is -0.271 e. The van der Waals surface area contributed by atoms with Crippen molar-refractivity contribution in [2.45, 2.75) is 13.0 Å². The monoisotopic (exact) mass is 291 g/mol. The molecular weight excluding hydrogens is 278 g/mol. The van der Waals surface area contributed by atoms with Crippen molar-refractivity contribution in [2.75, 3.05) is 0 Å². The number of hydrogen-bond donors (Lipinski definition) is 2. The van der Waals surface area contributed by atoms with Gasteiger partial charge in [0.1, 0.15) is 0 Å². The lowest BCUT2D eigenvalue weighted by molar-refractivity contribution is 0.620. The highest BCUT2D eigenvalue weighted by Crippen LogP contribution is 2.21. The first kappa shape index (κ1) is 12.2. The van der Waals surface area contributed by atoms with Gasteiger partial charge in [-0.1, -0.05) is 29.8 Å². The molecule has 3 nitrogen and oxygen atoms in total. The first-order valence-corrected chi connectivity index (χ1v) is 6.14. The largest absolute Gasteiger partial charge is 0.271 e. The number of halogens is 1. The lowest BCUT2D eigenvalue weighted by Crippen LogP contribution is -2.29. The maximum absolute atomic E-state index is 5.61. The molecule has 1 heterocycles. The predicted molar refractivity (Wildman–Crippen MR) is 72.3 cm³/mol. The number of hydrazine groups is 1. The summed E-state index contributed by atoms with van der Waals surface area (Å²) in [6.45, 7) is 2.06. The van der Waals surface area contributed by atoms with E-state index in [2.05, 4.69) is 57.5 Å². The molecule has 3 N–H and O–H groups in total. The molecule has 0 aliphatic heterocycles. The highest BCUT2D eigenvalue weighted by Gasteiger charge is 2.13. The van der Waals surface area contributed by atoms with Crippen molar-refractivity contribution in [2.24, 2.45) is 5.84 Å². The molecule has 17 heavy (non-hydrogen) atoms. The number of benzene rings is 1. The maximum atomic E-state index is 5.61. The molecule has 0 saturated heterocycles. The molecule has 1 aromatic carbocycles. The van der Waals surface area contributed by atoms with E-state index in [9.17, 15) is 0 Å². The number of aryl methyl sites for hydroxylation is 1. The second-order valence-corrected chi connectivity index (χ2v) is 4.83. The Labute approximate surface area is 109 Å². The van der Waals surface area contributed by atoms with Gasteiger partial charge in [0.05, 0.1) is 11.7 Å². The van der Waals surface area contributed by atoms with Gasteiger partial charge in [-0.15, -0.1) is 0 Å². The summed E-state index contributed by atoms with van der Waals surface area (Å²) in [7, 11) is 0. The first-order chi connectivity index (χ1) is 8.20. The average Bonchev–Trinajstić information content (AvgIpc) is 2.35. The van der Waals surface area contributed by atoms with Crippen LogP contribution in [-0.2, 0) is 0 Å². The minimum absolute atomic E-state index is 0.0799. The van der Waals surface area contributed by atoms with Crippen LogP contribution in [0.25, 0.3) is 0 Å². The van der Waals surface area contributed by atoms with Crippen molar-refractivity contribution in [3.63, 3.8) is 0 Å². The molecule has 0 saturated carbocycles. The quantitative estimate of drug-likeness (QED) is 0.675. The van der Waals surface area contributed by atoms with E-state index in [1.807, 2.05) is 12.1 Å². The van der Waals surface area contributed by atoms with Crippen molar-refractivity contribution in [1.29, 1.82) is 0 Å². The molecule has 2 aromatic rings. The highest BCUT2D eigenvalue weighted by molar-refractivity contribution is 9.10. The van der Waals surface area contributed by atoms with E-state index in [0.29, 0.717) is 0 Å². The number of nitrogens with one attached hydrogen (secondary N) is 1. The second kappa shape index (κ2) is 5.40. The third kappa shape index (κ3) is 2.91. The van der Waals surface area contributed by atoms with Crippen LogP contribution in [0.15, 0.2) is 47.1 Å². The Kier molecular flexibility index (Phi) is 3.89. The van der Waals surface area contributed by atoms with Gasteiger partial charge in [-0.3, -0.25) is 10.8 Å². The Bertz CT molecular complexity index is 434. The standard InChI is InChI=1S/C13H14BrN3/c1-9-2-4-10(5-3-9)13(17-15)12-7-6-11(14)8-16-12/h2-8,13,17H,15H2,1H3. The van der Waals surface area contributed by atoms with Crippen LogP contribution < -0.4 is 11.3 Å². The Morgan fingerprint density at radius 2 is 1.88 bits per heavy atom. The zero-order valence-corrected chi connectivity index (χ0v) is 11.1. The molecule has 0 amide bonds. The number of rotatable bonds is 3. The topological polar surface area (TPSA) is 50.9 Å². The number of nitrogens with zero attached hydrogens (tertiary/aromatic N) is 1. The summed E-state index contributed by atoms with van der Waals surface area (Å²) in [5.74, 6) is 5.61. The van der Waals surface area contributed by atoms with Crippen LogP contribution in [0.2, 0.25) is 0 Å². The molecule has 0 aliphatic rings. The molecule has 0 aliphatic carbocycles. The molecule has 4 heteroatoms. The van der Waals surface area contributed by atoms with Crippen molar-refractivity contribution in [3.05, 3.63) is 63.9 Å². The average molecular weight is 292 g/mol. The molecule has 1 aromatic heterocycles. The Morgan fingerprint density at radius 1 is 1.18 bits per heavy atom. The third-order valence-corrected chi connectivity index (χ3v) is 3.09. The third-order valence-electron chi connectivity index (χ3n) is 2.62. The van der Waals surface area contributed by atoms with Crippen molar-refractivity contribution < 1.29 is 0 Å². The van der Waals surface area contributed by atoms with Gasteiger partial charge < -0.3 is 0 Å². The Hall–Kier alpha value is -1.23. The van der Waals surface area contributed by atoms with Gasteiger partial charge in [-0.2, -0.15) is 0 Å². The normalized spacial score (nSPS) is 12.4. The molecule has 0 spiro atoms. The van der Waals surface area contributed by atoms with Gasteiger partial charge in [0, 0.05) is 10.7 Å².